The third-order valence-corrected chi connectivity index (χ3v) is 3.13. The molecule has 0 aliphatic heterocycles. The summed E-state index contributed by atoms with van der Waals surface area (Å²) >= 11 is 0. The number of amides is 1. The van der Waals surface area contributed by atoms with Crippen LogP contribution in [0, 0.1) is 6.92 Å². The highest BCUT2D eigenvalue weighted by molar-refractivity contribution is 5.98. The minimum atomic E-state index is -0.181. The molecule has 104 valence electrons. The molecular weight excluding hydrogens is 252 g/mol. The highest BCUT2D eigenvalue weighted by Crippen LogP contribution is 2.10. The molecule has 5 nitrogen and oxygen atoms in total. The quantitative estimate of drug-likeness (QED) is 0.570. The number of rotatable bonds is 5. The Morgan fingerprint density at radius 3 is 2.80 bits per heavy atom. The highest BCUT2D eigenvalue weighted by atomic mass is 16.1. The predicted molar refractivity (Wildman–Crippen MR) is 79.3 cm³/mol. The second-order valence-corrected chi connectivity index (χ2v) is 4.48. The molecular formula is C15H18N4O. The lowest BCUT2D eigenvalue weighted by Crippen LogP contribution is -2.27. The van der Waals surface area contributed by atoms with Crippen LogP contribution >= 0.6 is 0 Å². The standard InChI is InChI=1S/C15H18N4O/c1-11-5-2-3-6-12(11)8-10-18-15(20)13-7-4-9-17-14(13)19-16/h2-7,9H,8,10,16H2,1H3,(H,17,19)(H,18,20). The van der Waals surface area contributed by atoms with Crippen molar-refractivity contribution in [2.45, 2.75) is 13.3 Å². The Morgan fingerprint density at radius 1 is 1.25 bits per heavy atom. The van der Waals surface area contributed by atoms with E-state index in [9.17, 15) is 4.79 Å². The van der Waals surface area contributed by atoms with Crippen molar-refractivity contribution < 1.29 is 4.79 Å². The van der Waals surface area contributed by atoms with Gasteiger partial charge >= 0.3 is 0 Å². The molecule has 5 heteroatoms. The molecule has 4 N–H and O–H groups in total. The van der Waals surface area contributed by atoms with Crippen molar-refractivity contribution in [3.63, 3.8) is 0 Å². The van der Waals surface area contributed by atoms with Crippen molar-refractivity contribution in [3.8, 4) is 0 Å². The number of nitrogens with one attached hydrogen (secondary N) is 2. The van der Waals surface area contributed by atoms with Gasteiger partial charge in [-0.25, -0.2) is 10.8 Å². The summed E-state index contributed by atoms with van der Waals surface area (Å²) in [5.74, 6) is 5.53. The lowest BCUT2D eigenvalue weighted by atomic mass is 10.1. The molecule has 0 spiro atoms. The fraction of sp³-hybridized carbons (Fsp3) is 0.200. The van der Waals surface area contributed by atoms with E-state index < -0.39 is 0 Å². The van der Waals surface area contributed by atoms with Crippen molar-refractivity contribution in [1.29, 1.82) is 0 Å². The number of hydrazine groups is 1. The summed E-state index contributed by atoms with van der Waals surface area (Å²) in [4.78, 5) is 16.1. The topological polar surface area (TPSA) is 80.0 Å². The van der Waals surface area contributed by atoms with E-state index in [-0.39, 0.29) is 5.91 Å². The van der Waals surface area contributed by atoms with E-state index in [4.69, 9.17) is 5.84 Å². The molecule has 1 aromatic carbocycles. The van der Waals surface area contributed by atoms with Crippen LogP contribution in [0.15, 0.2) is 42.6 Å². The second-order valence-electron chi connectivity index (χ2n) is 4.48. The summed E-state index contributed by atoms with van der Waals surface area (Å²) in [7, 11) is 0. The average molecular weight is 270 g/mol. The Balaban J connectivity index is 1.94. The SMILES string of the molecule is Cc1ccccc1CCNC(=O)c1cccnc1NN. The number of nitrogens with two attached hydrogens (primary N) is 1. The van der Waals surface area contributed by atoms with Crippen molar-refractivity contribution >= 4 is 11.7 Å². The maximum Gasteiger partial charge on any atom is 0.255 e. The van der Waals surface area contributed by atoms with Crippen LogP contribution in [-0.4, -0.2) is 17.4 Å². The van der Waals surface area contributed by atoms with Crippen molar-refractivity contribution in [2.75, 3.05) is 12.0 Å². The van der Waals surface area contributed by atoms with Gasteiger partial charge in [0, 0.05) is 12.7 Å². The van der Waals surface area contributed by atoms with Crippen molar-refractivity contribution in [2.24, 2.45) is 5.84 Å². The van der Waals surface area contributed by atoms with E-state index in [0.717, 1.165) is 6.42 Å². The molecule has 20 heavy (non-hydrogen) atoms. The van der Waals surface area contributed by atoms with E-state index in [2.05, 4.69) is 34.8 Å². The van der Waals surface area contributed by atoms with E-state index in [0.29, 0.717) is 17.9 Å². The molecule has 0 saturated heterocycles. The zero-order chi connectivity index (χ0) is 14.4. The number of carbonyl (C=O) groups excluding carboxylic acids is 1. The van der Waals surface area contributed by atoms with Gasteiger partial charge in [-0.2, -0.15) is 0 Å². The monoisotopic (exact) mass is 270 g/mol. The van der Waals surface area contributed by atoms with Crippen molar-refractivity contribution in [3.05, 3.63) is 59.3 Å². The summed E-state index contributed by atoms with van der Waals surface area (Å²) in [6.45, 7) is 2.64. The Kier molecular flexibility index (Phi) is 4.68. The fourth-order valence-electron chi connectivity index (χ4n) is 2.00. The lowest BCUT2D eigenvalue weighted by molar-refractivity contribution is 0.0954. The number of anilines is 1. The van der Waals surface area contributed by atoms with E-state index >= 15 is 0 Å². The molecule has 0 saturated carbocycles. The largest absolute Gasteiger partial charge is 0.352 e. The minimum Gasteiger partial charge on any atom is -0.352 e. The summed E-state index contributed by atoms with van der Waals surface area (Å²) in [5, 5.41) is 2.87. The smallest absolute Gasteiger partial charge is 0.255 e. The van der Waals surface area contributed by atoms with Crippen LogP contribution in [0.5, 0.6) is 0 Å². The fourth-order valence-corrected chi connectivity index (χ4v) is 2.00. The zero-order valence-electron chi connectivity index (χ0n) is 11.4. The molecule has 0 atom stereocenters. The van der Waals surface area contributed by atoms with Gasteiger partial charge in [-0.05, 0) is 36.6 Å². The molecule has 1 aromatic heterocycles. The summed E-state index contributed by atoms with van der Waals surface area (Å²) < 4.78 is 0. The van der Waals surface area contributed by atoms with E-state index in [1.165, 1.54) is 11.1 Å². The normalized spacial score (nSPS) is 10.1. The van der Waals surface area contributed by atoms with Crippen LogP contribution in [0.1, 0.15) is 21.5 Å². The van der Waals surface area contributed by atoms with Gasteiger partial charge in [0.05, 0.1) is 5.56 Å². The van der Waals surface area contributed by atoms with Crippen LogP contribution in [0.25, 0.3) is 0 Å². The number of aryl methyl sites for hydroxylation is 1. The minimum absolute atomic E-state index is 0.181. The van der Waals surface area contributed by atoms with Gasteiger partial charge in [0.25, 0.3) is 5.91 Å². The van der Waals surface area contributed by atoms with E-state index in [1.54, 1.807) is 18.3 Å². The number of nitrogen functional groups attached to an aromatic ring is 1. The van der Waals surface area contributed by atoms with Gasteiger partial charge in [-0.1, -0.05) is 24.3 Å². The Hall–Kier alpha value is -2.40. The molecule has 2 aromatic rings. The van der Waals surface area contributed by atoms with Crippen LogP contribution in [0.3, 0.4) is 0 Å². The van der Waals surface area contributed by atoms with Gasteiger partial charge in [0.2, 0.25) is 0 Å². The first-order valence-electron chi connectivity index (χ1n) is 6.46. The van der Waals surface area contributed by atoms with Gasteiger partial charge in [0.1, 0.15) is 0 Å². The molecule has 0 unspecified atom stereocenters. The first kappa shape index (κ1) is 14.0. The molecule has 1 amide bonds. The lowest BCUT2D eigenvalue weighted by Gasteiger charge is -2.09. The molecule has 1 heterocycles. The number of nitrogens with zero attached hydrogens (tertiary/aromatic N) is 1. The summed E-state index contributed by atoms with van der Waals surface area (Å²) in [6.07, 6.45) is 2.38. The van der Waals surface area contributed by atoms with Crippen LogP contribution in [-0.2, 0) is 6.42 Å². The number of pyridine rings is 1. The third kappa shape index (κ3) is 3.33. The molecule has 0 aliphatic carbocycles. The van der Waals surface area contributed by atoms with Crippen LogP contribution in [0.2, 0.25) is 0 Å². The number of carbonyl (C=O) groups is 1. The van der Waals surface area contributed by atoms with Crippen LogP contribution in [0.4, 0.5) is 5.82 Å². The van der Waals surface area contributed by atoms with E-state index in [1.807, 2.05) is 12.1 Å². The second kappa shape index (κ2) is 6.68. The zero-order valence-corrected chi connectivity index (χ0v) is 11.4. The first-order chi connectivity index (χ1) is 9.72. The summed E-state index contributed by atoms with van der Waals surface area (Å²) in [6, 6.07) is 11.5. The molecule has 0 bridgehead atoms. The highest BCUT2D eigenvalue weighted by Gasteiger charge is 2.10. The number of hydrogen-bond donors (Lipinski definition) is 3. The maximum absolute atomic E-state index is 12.1. The maximum atomic E-state index is 12.1. The van der Waals surface area contributed by atoms with Crippen molar-refractivity contribution in [1.82, 2.24) is 10.3 Å². The van der Waals surface area contributed by atoms with Crippen LogP contribution < -0.4 is 16.6 Å². The number of benzene rings is 1. The summed E-state index contributed by atoms with van der Waals surface area (Å²) in [5.41, 5.74) is 5.33. The Morgan fingerprint density at radius 2 is 2.05 bits per heavy atom. The van der Waals surface area contributed by atoms with Gasteiger partial charge in [0.15, 0.2) is 5.82 Å². The number of aromatic nitrogens is 1. The molecule has 0 fully saturated rings. The van der Waals surface area contributed by atoms with Gasteiger partial charge in [-0.3, -0.25) is 4.79 Å². The molecule has 0 aliphatic rings. The Labute approximate surface area is 118 Å². The predicted octanol–water partition coefficient (Wildman–Crippen LogP) is 1.65. The van der Waals surface area contributed by atoms with Gasteiger partial charge < -0.3 is 10.7 Å². The average Bonchev–Trinajstić information content (AvgIpc) is 2.49. The number of hydrogen-bond acceptors (Lipinski definition) is 4. The Bertz CT molecular complexity index is 598. The molecule has 0 radical (unpaired) electrons. The third-order valence-electron chi connectivity index (χ3n) is 3.13. The van der Waals surface area contributed by atoms with Gasteiger partial charge in [-0.15, -0.1) is 0 Å². The first-order valence-corrected chi connectivity index (χ1v) is 6.46. The molecule has 2 rings (SSSR count).